The highest BCUT2D eigenvalue weighted by atomic mass is 16.6. The lowest BCUT2D eigenvalue weighted by molar-refractivity contribution is -0.384. The fourth-order valence-corrected chi connectivity index (χ4v) is 4.40. The molecule has 3 aromatic carbocycles. The number of fused-ring (bicyclic) bond motifs is 1. The van der Waals surface area contributed by atoms with Crippen molar-refractivity contribution in [3.05, 3.63) is 100 Å². The Labute approximate surface area is 223 Å². The Morgan fingerprint density at radius 3 is 2.56 bits per heavy atom. The number of benzene rings is 3. The number of amides is 1. The molecule has 39 heavy (non-hydrogen) atoms. The maximum Gasteiger partial charge on any atom is 0.270 e. The van der Waals surface area contributed by atoms with E-state index in [0.29, 0.717) is 57.9 Å². The van der Waals surface area contributed by atoms with Gasteiger partial charge in [0.2, 0.25) is 0 Å². The molecule has 0 atom stereocenters. The van der Waals surface area contributed by atoms with Crippen LogP contribution in [0.25, 0.3) is 33.5 Å². The monoisotopic (exact) mass is 523 g/mol. The minimum absolute atomic E-state index is 0.0743. The van der Waals surface area contributed by atoms with Crippen molar-refractivity contribution in [2.75, 3.05) is 20.8 Å². The molecule has 0 saturated heterocycles. The summed E-state index contributed by atoms with van der Waals surface area (Å²) in [6.07, 6.45) is 0.653. The van der Waals surface area contributed by atoms with Gasteiger partial charge < -0.3 is 14.8 Å². The van der Waals surface area contributed by atoms with E-state index in [1.807, 2.05) is 30.3 Å². The zero-order chi connectivity index (χ0) is 27.4. The minimum atomic E-state index is -0.468. The first-order chi connectivity index (χ1) is 19.0. The summed E-state index contributed by atoms with van der Waals surface area (Å²) < 4.78 is 10.9. The summed E-state index contributed by atoms with van der Waals surface area (Å²) in [5.41, 5.74) is 3.68. The first-order valence-electron chi connectivity index (χ1n) is 12.2. The number of H-pyrrole nitrogens is 1. The average molecular weight is 524 g/mol. The topological polar surface area (TPSA) is 132 Å². The SMILES string of the molecule is COc1ccc(OC)c(-c2cc(C(=O)NCCc3ccccc3)c3c(-c4cccc([N+](=O)[O-])c4)[nH]nc3n2)c1. The Hall–Kier alpha value is -5.25. The van der Waals surface area contributed by atoms with Crippen molar-refractivity contribution < 1.29 is 19.2 Å². The molecule has 0 aliphatic heterocycles. The second kappa shape index (κ2) is 11.0. The first kappa shape index (κ1) is 25.4. The number of hydrogen-bond donors (Lipinski definition) is 2. The van der Waals surface area contributed by atoms with Crippen molar-refractivity contribution in [3.63, 3.8) is 0 Å². The Balaban J connectivity index is 1.62. The number of nitrogens with one attached hydrogen (secondary N) is 2. The molecule has 0 radical (unpaired) electrons. The lowest BCUT2D eigenvalue weighted by atomic mass is 10.0. The highest BCUT2D eigenvalue weighted by Crippen LogP contribution is 2.36. The van der Waals surface area contributed by atoms with Crippen LogP contribution in [0.2, 0.25) is 0 Å². The molecule has 10 nitrogen and oxygen atoms in total. The van der Waals surface area contributed by atoms with Crippen molar-refractivity contribution in [1.82, 2.24) is 20.5 Å². The van der Waals surface area contributed by atoms with E-state index in [1.165, 1.54) is 12.1 Å². The quantitative estimate of drug-likeness (QED) is 0.201. The molecule has 0 saturated carbocycles. The number of ether oxygens (including phenoxy) is 2. The molecular formula is C29H25N5O5. The maximum atomic E-state index is 13.6. The van der Waals surface area contributed by atoms with E-state index in [4.69, 9.17) is 14.5 Å². The van der Waals surface area contributed by atoms with Gasteiger partial charge in [-0.25, -0.2) is 4.98 Å². The number of carbonyl (C=O) groups excluding carboxylic acids is 1. The number of aromatic amines is 1. The van der Waals surface area contributed by atoms with Gasteiger partial charge in [-0.05, 0) is 36.2 Å². The van der Waals surface area contributed by atoms with E-state index >= 15 is 0 Å². The number of nitro benzene ring substituents is 1. The second-order valence-corrected chi connectivity index (χ2v) is 8.72. The van der Waals surface area contributed by atoms with Crippen LogP contribution in [0.5, 0.6) is 11.5 Å². The van der Waals surface area contributed by atoms with Gasteiger partial charge >= 0.3 is 0 Å². The Morgan fingerprint density at radius 1 is 1.00 bits per heavy atom. The van der Waals surface area contributed by atoms with Crippen LogP contribution in [0.1, 0.15) is 15.9 Å². The van der Waals surface area contributed by atoms with Gasteiger partial charge in [-0.3, -0.25) is 20.0 Å². The summed E-state index contributed by atoms with van der Waals surface area (Å²) in [4.78, 5) is 29.3. The molecule has 5 rings (SSSR count). The molecule has 0 bridgehead atoms. The molecule has 5 aromatic rings. The van der Waals surface area contributed by atoms with Gasteiger partial charge in [0.05, 0.1) is 41.5 Å². The molecule has 196 valence electrons. The number of aromatic nitrogens is 3. The minimum Gasteiger partial charge on any atom is -0.497 e. The number of rotatable bonds is 9. The van der Waals surface area contributed by atoms with E-state index in [0.717, 1.165) is 5.56 Å². The largest absolute Gasteiger partial charge is 0.497 e. The smallest absolute Gasteiger partial charge is 0.270 e. The number of nitrogens with zero attached hydrogens (tertiary/aromatic N) is 3. The molecule has 0 fully saturated rings. The van der Waals surface area contributed by atoms with Crippen LogP contribution in [0.3, 0.4) is 0 Å². The normalized spacial score (nSPS) is 10.8. The van der Waals surface area contributed by atoms with Crippen LogP contribution in [0.4, 0.5) is 5.69 Å². The fourth-order valence-electron chi connectivity index (χ4n) is 4.40. The lowest BCUT2D eigenvalue weighted by Gasteiger charge is -2.13. The zero-order valence-corrected chi connectivity index (χ0v) is 21.3. The third kappa shape index (κ3) is 5.26. The number of non-ortho nitro benzene ring substituents is 1. The van der Waals surface area contributed by atoms with Crippen LogP contribution >= 0.6 is 0 Å². The summed E-state index contributed by atoms with van der Waals surface area (Å²) in [5, 5.41) is 22.1. The Kier molecular flexibility index (Phi) is 7.17. The van der Waals surface area contributed by atoms with E-state index in [-0.39, 0.29) is 17.2 Å². The van der Waals surface area contributed by atoms with Gasteiger partial charge in [-0.15, -0.1) is 0 Å². The summed E-state index contributed by atoms with van der Waals surface area (Å²) in [6, 6.07) is 23.0. The zero-order valence-electron chi connectivity index (χ0n) is 21.3. The molecule has 10 heteroatoms. The van der Waals surface area contributed by atoms with Crippen molar-refractivity contribution in [3.8, 4) is 34.0 Å². The second-order valence-electron chi connectivity index (χ2n) is 8.72. The number of pyridine rings is 1. The molecule has 2 aromatic heterocycles. The molecule has 0 unspecified atom stereocenters. The Bertz CT molecular complexity index is 1670. The van der Waals surface area contributed by atoms with Crippen molar-refractivity contribution >= 4 is 22.6 Å². The molecule has 0 aliphatic rings. The molecule has 0 aliphatic carbocycles. The van der Waals surface area contributed by atoms with Gasteiger partial charge in [0.1, 0.15) is 11.5 Å². The highest BCUT2D eigenvalue weighted by molar-refractivity contribution is 6.11. The predicted octanol–water partition coefficient (Wildman–Crippen LogP) is 5.19. The van der Waals surface area contributed by atoms with E-state index < -0.39 is 4.92 Å². The maximum absolute atomic E-state index is 13.6. The number of methoxy groups -OCH3 is 2. The van der Waals surface area contributed by atoms with Crippen LogP contribution in [0.15, 0.2) is 78.9 Å². The van der Waals surface area contributed by atoms with Gasteiger partial charge in [-0.1, -0.05) is 42.5 Å². The molecule has 1 amide bonds. The van der Waals surface area contributed by atoms with E-state index in [9.17, 15) is 14.9 Å². The predicted molar refractivity (Wildman–Crippen MR) is 147 cm³/mol. The highest BCUT2D eigenvalue weighted by Gasteiger charge is 2.22. The number of carbonyl (C=O) groups is 1. The molecular weight excluding hydrogens is 498 g/mol. The van der Waals surface area contributed by atoms with E-state index in [2.05, 4.69) is 15.5 Å². The van der Waals surface area contributed by atoms with Crippen LogP contribution in [0, 0.1) is 10.1 Å². The van der Waals surface area contributed by atoms with Crippen LogP contribution < -0.4 is 14.8 Å². The van der Waals surface area contributed by atoms with Gasteiger partial charge in [-0.2, -0.15) is 5.10 Å². The molecule has 2 N–H and O–H groups in total. The van der Waals surface area contributed by atoms with E-state index in [1.54, 1.807) is 50.6 Å². The van der Waals surface area contributed by atoms with Crippen molar-refractivity contribution in [1.29, 1.82) is 0 Å². The van der Waals surface area contributed by atoms with Gasteiger partial charge in [0, 0.05) is 29.8 Å². The Morgan fingerprint density at radius 2 is 1.82 bits per heavy atom. The lowest BCUT2D eigenvalue weighted by Crippen LogP contribution is -2.26. The third-order valence-corrected chi connectivity index (χ3v) is 6.34. The fraction of sp³-hybridized carbons (Fsp3) is 0.138. The van der Waals surface area contributed by atoms with Crippen LogP contribution in [-0.2, 0) is 6.42 Å². The van der Waals surface area contributed by atoms with Crippen molar-refractivity contribution in [2.45, 2.75) is 6.42 Å². The standard InChI is InChI=1S/C29H25N5O5/c1-38-21-11-12-25(39-2)22(16-21)24-17-23(29(35)30-14-13-18-7-4-3-5-8-18)26-27(32-33-28(26)31-24)19-9-6-10-20(15-19)34(36)37/h3-12,15-17H,13-14H2,1-2H3,(H,30,35)(H,31,32,33). The summed E-state index contributed by atoms with van der Waals surface area (Å²) in [6.45, 7) is 0.411. The van der Waals surface area contributed by atoms with Crippen molar-refractivity contribution in [2.24, 2.45) is 0 Å². The summed E-state index contributed by atoms with van der Waals surface area (Å²) in [5.74, 6) is 0.822. The van der Waals surface area contributed by atoms with Gasteiger partial charge in [0.15, 0.2) is 5.65 Å². The summed E-state index contributed by atoms with van der Waals surface area (Å²) >= 11 is 0. The molecule has 0 spiro atoms. The number of nitro groups is 1. The molecule has 2 heterocycles. The average Bonchev–Trinajstić information content (AvgIpc) is 3.41. The third-order valence-electron chi connectivity index (χ3n) is 6.34. The van der Waals surface area contributed by atoms with Crippen LogP contribution in [-0.4, -0.2) is 46.8 Å². The van der Waals surface area contributed by atoms with Gasteiger partial charge in [0.25, 0.3) is 11.6 Å². The number of hydrogen-bond acceptors (Lipinski definition) is 7. The first-order valence-corrected chi connectivity index (χ1v) is 12.2. The summed E-state index contributed by atoms with van der Waals surface area (Å²) in [7, 11) is 3.11.